The molecule has 0 saturated carbocycles. The fourth-order valence-electron chi connectivity index (χ4n) is 4.47. The second kappa shape index (κ2) is 8.33. The largest absolute Gasteiger partial charge is 0.380 e. The third-order valence-corrected chi connectivity index (χ3v) is 5.88. The SMILES string of the molecule is CC(=O)Nc1cccc2c1N[C@H]1CCN(CCCC(=O)c3ccc(F)cc3)C[C@@H]21. The second-order valence-corrected chi connectivity index (χ2v) is 7.93. The summed E-state index contributed by atoms with van der Waals surface area (Å²) in [6.45, 7) is 4.33. The number of nitrogens with one attached hydrogen (secondary N) is 2. The molecule has 2 aliphatic rings. The molecule has 0 aliphatic carbocycles. The summed E-state index contributed by atoms with van der Waals surface area (Å²) < 4.78 is 13.0. The van der Waals surface area contributed by atoms with E-state index in [9.17, 15) is 14.0 Å². The van der Waals surface area contributed by atoms with Crippen molar-refractivity contribution < 1.29 is 14.0 Å². The van der Waals surface area contributed by atoms with Crippen LogP contribution in [-0.2, 0) is 4.79 Å². The Morgan fingerprint density at radius 2 is 2.00 bits per heavy atom. The molecule has 2 atom stereocenters. The third kappa shape index (κ3) is 4.32. The van der Waals surface area contributed by atoms with Crippen LogP contribution in [0.25, 0.3) is 0 Å². The first-order valence-electron chi connectivity index (χ1n) is 10.2. The minimum atomic E-state index is -0.323. The molecule has 29 heavy (non-hydrogen) atoms. The molecule has 0 bridgehead atoms. The van der Waals surface area contributed by atoms with Crippen molar-refractivity contribution in [3.8, 4) is 0 Å². The predicted octanol–water partition coefficient (Wildman–Crippen LogP) is 4.03. The van der Waals surface area contributed by atoms with E-state index in [1.807, 2.05) is 12.1 Å². The van der Waals surface area contributed by atoms with Crippen molar-refractivity contribution in [2.45, 2.75) is 38.1 Å². The number of benzene rings is 2. The Balaban J connectivity index is 1.34. The summed E-state index contributed by atoms with van der Waals surface area (Å²) in [6.07, 6.45) is 2.29. The molecule has 2 N–H and O–H groups in total. The number of nitrogens with zero attached hydrogens (tertiary/aromatic N) is 1. The van der Waals surface area contributed by atoms with Crippen LogP contribution >= 0.6 is 0 Å². The number of anilines is 2. The highest BCUT2D eigenvalue weighted by molar-refractivity contribution is 5.96. The van der Waals surface area contributed by atoms with Gasteiger partial charge in [-0.25, -0.2) is 4.39 Å². The number of para-hydroxylation sites is 1. The van der Waals surface area contributed by atoms with Gasteiger partial charge in [0.05, 0.1) is 11.4 Å². The molecule has 1 saturated heterocycles. The predicted molar refractivity (Wildman–Crippen MR) is 112 cm³/mol. The minimum Gasteiger partial charge on any atom is -0.380 e. The molecule has 6 heteroatoms. The van der Waals surface area contributed by atoms with Gasteiger partial charge in [0, 0.05) is 44.0 Å². The lowest BCUT2D eigenvalue weighted by molar-refractivity contribution is -0.114. The zero-order valence-corrected chi connectivity index (χ0v) is 16.6. The molecule has 0 spiro atoms. The molecule has 0 unspecified atom stereocenters. The second-order valence-electron chi connectivity index (χ2n) is 7.93. The number of halogens is 1. The highest BCUT2D eigenvalue weighted by Gasteiger charge is 2.37. The summed E-state index contributed by atoms with van der Waals surface area (Å²) >= 11 is 0. The topological polar surface area (TPSA) is 61.4 Å². The monoisotopic (exact) mass is 395 g/mol. The van der Waals surface area contributed by atoms with Crippen LogP contribution in [0, 0.1) is 5.82 Å². The number of hydrogen-bond acceptors (Lipinski definition) is 4. The molecule has 152 valence electrons. The van der Waals surface area contributed by atoms with Gasteiger partial charge in [0.15, 0.2) is 5.78 Å². The van der Waals surface area contributed by atoms with E-state index in [-0.39, 0.29) is 17.5 Å². The van der Waals surface area contributed by atoms with Crippen molar-refractivity contribution in [1.82, 2.24) is 4.90 Å². The van der Waals surface area contributed by atoms with Crippen LogP contribution in [0.5, 0.6) is 0 Å². The van der Waals surface area contributed by atoms with Gasteiger partial charge in [0.1, 0.15) is 5.82 Å². The highest BCUT2D eigenvalue weighted by atomic mass is 19.1. The average Bonchev–Trinajstić information content (AvgIpc) is 3.07. The normalized spacial score (nSPS) is 20.5. The fourth-order valence-corrected chi connectivity index (χ4v) is 4.47. The maximum Gasteiger partial charge on any atom is 0.221 e. The first-order chi connectivity index (χ1) is 14.0. The Bertz CT molecular complexity index is 913. The smallest absolute Gasteiger partial charge is 0.221 e. The number of Topliss-reactive ketones (excluding diaryl/α,β-unsaturated/α-hetero) is 1. The number of amides is 1. The molecular weight excluding hydrogens is 369 g/mol. The summed E-state index contributed by atoms with van der Waals surface area (Å²) in [6, 6.07) is 12.2. The van der Waals surface area contributed by atoms with Gasteiger partial charge in [-0.15, -0.1) is 0 Å². The molecule has 0 aromatic heterocycles. The molecule has 2 aliphatic heterocycles. The number of ketones is 1. The van der Waals surface area contributed by atoms with E-state index in [1.54, 1.807) is 12.1 Å². The van der Waals surface area contributed by atoms with Crippen LogP contribution < -0.4 is 10.6 Å². The maximum atomic E-state index is 13.0. The fraction of sp³-hybridized carbons (Fsp3) is 0.391. The summed E-state index contributed by atoms with van der Waals surface area (Å²) in [5.41, 5.74) is 3.73. The van der Waals surface area contributed by atoms with Crippen LogP contribution in [-0.4, -0.2) is 42.3 Å². The summed E-state index contributed by atoms with van der Waals surface area (Å²) in [7, 11) is 0. The Morgan fingerprint density at radius 3 is 2.76 bits per heavy atom. The minimum absolute atomic E-state index is 0.0627. The lowest BCUT2D eigenvalue weighted by Gasteiger charge is -2.35. The number of carbonyl (C=O) groups is 2. The number of carbonyl (C=O) groups excluding carboxylic acids is 2. The lowest BCUT2D eigenvalue weighted by atomic mass is 9.89. The molecule has 2 aromatic rings. The quantitative estimate of drug-likeness (QED) is 0.725. The number of piperidine rings is 1. The lowest BCUT2D eigenvalue weighted by Crippen LogP contribution is -2.42. The summed E-state index contributed by atoms with van der Waals surface area (Å²) in [4.78, 5) is 26.2. The molecular formula is C23H26FN3O2. The highest BCUT2D eigenvalue weighted by Crippen LogP contribution is 2.43. The van der Waals surface area contributed by atoms with Gasteiger partial charge >= 0.3 is 0 Å². The van der Waals surface area contributed by atoms with Gasteiger partial charge < -0.3 is 15.5 Å². The van der Waals surface area contributed by atoms with Crippen LogP contribution in [0.3, 0.4) is 0 Å². The van der Waals surface area contributed by atoms with Gasteiger partial charge in [-0.3, -0.25) is 9.59 Å². The average molecular weight is 395 g/mol. The Morgan fingerprint density at radius 1 is 1.21 bits per heavy atom. The van der Waals surface area contributed by atoms with Crippen LogP contribution in [0.1, 0.15) is 48.0 Å². The molecule has 5 nitrogen and oxygen atoms in total. The summed E-state index contributed by atoms with van der Waals surface area (Å²) in [5, 5.41) is 6.52. The van der Waals surface area contributed by atoms with Gasteiger partial charge in [0.2, 0.25) is 5.91 Å². The van der Waals surface area contributed by atoms with Crippen molar-refractivity contribution in [3.63, 3.8) is 0 Å². The van der Waals surface area contributed by atoms with E-state index >= 15 is 0 Å². The number of likely N-dealkylation sites (tertiary alicyclic amines) is 1. The maximum absolute atomic E-state index is 13.0. The molecule has 0 radical (unpaired) electrons. The first-order valence-corrected chi connectivity index (χ1v) is 10.2. The van der Waals surface area contributed by atoms with E-state index in [1.165, 1.54) is 24.6 Å². The van der Waals surface area contributed by atoms with Crippen molar-refractivity contribution >= 4 is 23.1 Å². The molecule has 1 fully saturated rings. The van der Waals surface area contributed by atoms with Crippen LogP contribution in [0.2, 0.25) is 0 Å². The molecule has 2 heterocycles. The Hall–Kier alpha value is -2.73. The summed E-state index contributed by atoms with van der Waals surface area (Å²) in [5.74, 6) is 0.0621. The Kier molecular flexibility index (Phi) is 5.62. The van der Waals surface area contributed by atoms with E-state index < -0.39 is 0 Å². The van der Waals surface area contributed by atoms with Crippen molar-refractivity contribution in [3.05, 3.63) is 59.4 Å². The van der Waals surface area contributed by atoms with E-state index in [0.29, 0.717) is 23.9 Å². The molecule has 2 aromatic carbocycles. The Labute approximate surface area is 170 Å². The van der Waals surface area contributed by atoms with E-state index in [4.69, 9.17) is 0 Å². The van der Waals surface area contributed by atoms with Gasteiger partial charge in [0.25, 0.3) is 0 Å². The van der Waals surface area contributed by atoms with Crippen molar-refractivity contribution in [2.24, 2.45) is 0 Å². The molecule has 1 amide bonds. The van der Waals surface area contributed by atoms with Crippen LogP contribution in [0.4, 0.5) is 15.8 Å². The third-order valence-electron chi connectivity index (χ3n) is 5.88. The van der Waals surface area contributed by atoms with E-state index in [2.05, 4.69) is 21.6 Å². The number of hydrogen-bond donors (Lipinski definition) is 2. The standard InChI is InChI=1S/C23H26FN3O2/c1-15(28)25-21-5-2-4-18-19-14-27(13-11-20(19)26-23(18)21)12-3-6-22(29)16-7-9-17(24)10-8-16/h2,4-5,7-10,19-20,26H,3,6,11-14H2,1H3,(H,25,28)/t19-,20-/m0/s1. The molecule has 4 rings (SSSR count). The van der Waals surface area contributed by atoms with E-state index in [0.717, 1.165) is 43.9 Å². The van der Waals surface area contributed by atoms with Crippen molar-refractivity contribution in [1.29, 1.82) is 0 Å². The van der Waals surface area contributed by atoms with Gasteiger partial charge in [-0.1, -0.05) is 12.1 Å². The van der Waals surface area contributed by atoms with Gasteiger partial charge in [-0.05, 0) is 55.3 Å². The van der Waals surface area contributed by atoms with Crippen molar-refractivity contribution in [2.75, 3.05) is 30.3 Å². The first kappa shape index (κ1) is 19.6. The number of rotatable bonds is 6. The number of fused-ring (bicyclic) bond motifs is 3. The zero-order chi connectivity index (χ0) is 20.4. The zero-order valence-electron chi connectivity index (χ0n) is 16.6. The van der Waals surface area contributed by atoms with Crippen LogP contribution in [0.15, 0.2) is 42.5 Å². The van der Waals surface area contributed by atoms with Gasteiger partial charge in [-0.2, -0.15) is 0 Å².